The van der Waals surface area contributed by atoms with Crippen LogP contribution in [0.5, 0.6) is 0 Å². The minimum atomic E-state index is -5.08. The van der Waals surface area contributed by atoms with E-state index in [1.807, 2.05) is 17.0 Å². The van der Waals surface area contributed by atoms with Crippen LogP contribution in [0.3, 0.4) is 0 Å². The molecule has 0 bridgehead atoms. The molecule has 0 saturated carbocycles. The van der Waals surface area contributed by atoms with Crippen LogP contribution < -0.4 is 0 Å². The average Bonchev–Trinajstić information content (AvgIpc) is 3.49. The summed E-state index contributed by atoms with van der Waals surface area (Å²) in [5.74, 6) is -4.31. The highest BCUT2D eigenvalue weighted by atomic mass is 19.4. The molecule has 0 aliphatic carbocycles. The topological polar surface area (TPSA) is 124 Å². The van der Waals surface area contributed by atoms with E-state index in [1.165, 1.54) is 0 Å². The molecule has 1 aromatic rings. The number of likely N-dealkylation sites (tertiary alicyclic amines) is 1. The molecule has 16 heteroatoms. The standard InChI is InChI=1S/C18H27N3O3.2C2HF3O2/c1-19-8-10-20(11-9-19)18(22)17-5-4-15-16(24-17)6-7-21(15)13-14-3-2-12-23-14;2*3-2(4,5)1(6)7/h2-3,12,15-17H,4-11,13H2,1H3;2*(H,6,7)/t15-,16-,17+;;/m1../s1. The summed E-state index contributed by atoms with van der Waals surface area (Å²) in [4.78, 5) is 37.2. The Morgan fingerprint density at radius 1 is 0.921 bits per heavy atom. The predicted molar refractivity (Wildman–Crippen MR) is 117 cm³/mol. The molecule has 0 unspecified atom stereocenters. The molecule has 0 radical (unpaired) electrons. The highest BCUT2D eigenvalue weighted by Gasteiger charge is 2.43. The number of rotatable bonds is 3. The third-order valence-electron chi connectivity index (χ3n) is 6.18. The molecule has 38 heavy (non-hydrogen) atoms. The maximum Gasteiger partial charge on any atom is 0.490 e. The second-order valence-electron chi connectivity index (χ2n) is 8.88. The molecule has 3 aliphatic heterocycles. The van der Waals surface area contributed by atoms with E-state index in [1.54, 1.807) is 6.26 Å². The molecule has 3 saturated heterocycles. The molecule has 4 heterocycles. The van der Waals surface area contributed by atoms with E-state index in [2.05, 4.69) is 16.8 Å². The van der Waals surface area contributed by atoms with Gasteiger partial charge in [-0.1, -0.05) is 0 Å². The van der Waals surface area contributed by atoms with E-state index in [9.17, 15) is 31.1 Å². The van der Waals surface area contributed by atoms with Gasteiger partial charge < -0.3 is 29.2 Å². The lowest BCUT2D eigenvalue weighted by molar-refractivity contribution is -0.193. The largest absolute Gasteiger partial charge is 0.490 e. The van der Waals surface area contributed by atoms with E-state index in [0.29, 0.717) is 6.04 Å². The zero-order chi connectivity index (χ0) is 28.7. The number of aliphatic carboxylic acids is 2. The highest BCUT2D eigenvalue weighted by molar-refractivity contribution is 5.81. The SMILES string of the molecule is CN1CCN(C(=O)[C@@H]2CC[C@@H]3[C@@H](CCN3Cc3ccco3)O2)CC1.O=C(O)C(F)(F)F.O=C(O)C(F)(F)F. The van der Waals surface area contributed by atoms with Crippen molar-refractivity contribution >= 4 is 17.8 Å². The second kappa shape index (κ2) is 13.3. The van der Waals surface area contributed by atoms with E-state index in [0.717, 1.165) is 64.3 Å². The number of likely N-dealkylation sites (N-methyl/N-ethyl adjacent to an activating group) is 1. The van der Waals surface area contributed by atoms with Crippen LogP contribution in [0.4, 0.5) is 26.3 Å². The van der Waals surface area contributed by atoms with Crippen molar-refractivity contribution in [3.05, 3.63) is 24.2 Å². The average molecular weight is 561 g/mol. The molecule has 1 amide bonds. The zero-order valence-corrected chi connectivity index (χ0v) is 20.4. The summed E-state index contributed by atoms with van der Waals surface area (Å²) in [5.41, 5.74) is 0. The first-order valence-electron chi connectivity index (χ1n) is 11.6. The number of hydrogen-bond donors (Lipinski definition) is 2. The quantitative estimate of drug-likeness (QED) is 0.536. The lowest BCUT2D eigenvalue weighted by atomic mass is 9.98. The summed E-state index contributed by atoms with van der Waals surface area (Å²) in [5, 5.41) is 14.2. The molecule has 2 N–H and O–H groups in total. The molecule has 3 atom stereocenters. The van der Waals surface area contributed by atoms with Gasteiger partial charge in [0.25, 0.3) is 5.91 Å². The Morgan fingerprint density at radius 3 is 1.95 bits per heavy atom. The van der Waals surface area contributed by atoms with Crippen LogP contribution in [0.25, 0.3) is 0 Å². The Kier molecular flexibility index (Phi) is 11.0. The van der Waals surface area contributed by atoms with Crippen molar-refractivity contribution < 1.29 is 60.1 Å². The Bertz CT molecular complexity index is 894. The molecular weight excluding hydrogens is 532 g/mol. The first-order valence-corrected chi connectivity index (χ1v) is 11.6. The van der Waals surface area contributed by atoms with Gasteiger partial charge in [-0.05, 0) is 38.4 Å². The predicted octanol–water partition coefficient (Wildman–Crippen LogP) is 2.44. The number of furan rings is 1. The Hall–Kier alpha value is -2.85. The number of alkyl halides is 6. The number of amides is 1. The number of carboxylic acid groups (broad SMARTS) is 2. The molecule has 216 valence electrons. The maximum atomic E-state index is 12.7. The molecule has 3 fully saturated rings. The van der Waals surface area contributed by atoms with Crippen molar-refractivity contribution in [1.82, 2.24) is 14.7 Å². The zero-order valence-electron chi connectivity index (χ0n) is 20.4. The third-order valence-corrected chi connectivity index (χ3v) is 6.18. The van der Waals surface area contributed by atoms with E-state index in [4.69, 9.17) is 29.0 Å². The molecule has 3 aliphatic rings. The van der Waals surface area contributed by atoms with Crippen LogP contribution in [0.2, 0.25) is 0 Å². The normalized spacial score (nSPS) is 24.4. The van der Waals surface area contributed by atoms with Gasteiger partial charge in [0.1, 0.15) is 11.9 Å². The highest BCUT2D eigenvalue weighted by Crippen LogP contribution is 2.33. The van der Waals surface area contributed by atoms with Crippen LogP contribution >= 0.6 is 0 Å². The van der Waals surface area contributed by atoms with Crippen molar-refractivity contribution in [2.24, 2.45) is 0 Å². The first-order chi connectivity index (χ1) is 17.6. The van der Waals surface area contributed by atoms with Crippen LogP contribution in [-0.2, 0) is 25.7 Å². The number of fused-ring (bicyclic) bond motifs is 1. The number of ether oxygens (including phenoxy) is 1. The maximum absolute atomic E-state index is 12.7. The van der Waals surface area contributed by atoms with Gasteiger partial charge in [-0.3, -0.25) is 9.69 Å². The van der Waals surface area contributed by atoms with Gasteiger partial charge in [0.05, 0.1) is 18.9 Å². The molecule has 10 nitrogen and oxygen atoms in total. The van der Waals surface area contributed by atoms with Gasteiger partial charge in [0.2, 0.25) is 0 Å². The first kappa shape index (κ1) is 31.4. The number of hydrogen-bond acceptors (Lipinski definition) is 7. The minimum Gasteiger partial charge on any atom is -0.475 e. The van der Waals surface area contributed by atoms with Crippen LogP contribution in [-0.4, -0.2) is 113 Å². The summed E-state index contributed by atoms with van der Waals surface area (Å²) in [7, 11) is 2.11. The van der Waals surface area contributed by atoms with Gasteiger partial charge in [-0.25, -0.2) is 9.59 Å². The second-order valence-corrected chi connectivity index (χ2v) is 8.88. The fraction of sp³-hybridized carbons (Fsp3) is 0.682. The number of carboxylic acids is 2. The Balaban J connectivity index is 0.000000301. The van der Waals surface area contributed by atoms with Crippen molar-refractivity contribution in [2.75, 3.05) is 39.8 Å². The van der Waals surface area contributed by atoms with Gasteiger partial charge in [0.15, 0.2) is 0 Å². The van der Waals surface area contributed by atoms with Crippen molar-refractivity contribution in [3.8, 4) is 0 Å². The lowest BCUT2D eigenvalue weighted by Crippen LogP contribution is -2.53. The number of nitrogens with zero attached hydrogens (tertiary/aromatic N) is 3. The number of piperazine rings is 1. The fourth-order valence-corrected chi connectivity index (χ4v) is 4.23. The van der Waals surface area contributed by atoms with Crippen LogP contribution in [0.1, 0.15) is 25.0 Å². The number of halogens is 6. The smallest absolute Gasteiger partial charge is 0.475 e. The van der Waals surface area contributed by atoms with Gasteiger partial charge in [-0.15, -0.1) is 0 Å². The monoisotopic (exact) mass is 561 g/mol. The minimum absolute atomic E-state index is 0.190. The molecule has 0 aromatic carbocycles. The van der Waals surface area contributed by atoms with E-state index in [-0.39, 0.29) is 18.1 Å². The van der Waals surface area contributed by atoms with Gasteiger partial charge in [0, 0.05) is 38.8 Å². The Morgan fingerprint density at radius 2 is 1.47 bits per heavy atom. The molecule has 1 aromatic heterocycles. The van der Waals surface area contributed by atoms with E-state index >= 15 is 0 Å². The number of carbonyl (C=O) groups is 3. The summed E-state index contributed by atoms with van der Waals surface area (Å²) in [6, 6.07) is 4.38. The molecular formula is C22H29F6N3O7. The summed E-state index contributed by atoms with van der Waals surface area (Å²) in [6.07, 6.45) is -5.60. The van der Waals surface area contributed by atoms with Crippen LogP contribution in [0, 0.1) is 0 Å². The van der Waals surface area contributed by atoms with Gasteiger partial charge >= 0.3 is 24.3 Å². The lowest BCUT2D eigenvalue weighted by Gasteiger charge is -2.39. The molecule has 0 spiro atoms. The van der Waals surface area contributed by atoms with Crippen molar-refractivity contribution in [1.29, 1.82) is 0 Å². The number of carbonyl (C=O) groups excluding carboxylic acids is 1. The Labute approximate surface area is 213 Å². The summed E-state index contributed by atoms with van der Waals surface area (Å²) in [6.45, 7) is 5.44. The summed E-state index contributed by atoms with van der Waals surface area (Å²) < 4.78 is 75.2. The van der Waals surface area contributed by atoms with Crippen molar-refractivity contribution in [2.45, 2.75) is 56.4 Å². The van der Waals surface area contributed by atoms with Gasteiger partial charge in [-0.2, -0.15) is 26.3 Å². The third kappa shape index (κ3) is 9.47. The van der Waals surface area contributed by atoms with Crippen LogP contribution in [0.15, 0.2) is 22.8 Å². The molecule has 4 rings (SSSR count). The van der Waals surface area contributed by atoms with Crippen molar-refractivity contribution in [3.63, 3.8) is 0 Å². The fourth-order valence-electron chi connectivity index (χ4n) is 4.23. The summed E-state index contributed by atoms with van der Waals surface area (Å²) >= 11 is 0. The van der Waals surface area contributed by atoms with E-state index < -0.39 is 24.3 Å².